The molecule has 0 unspecified atom stereocenters. The van der Waals surface area contributed by atoms with E-state index in [9.17, 15) is 9.59 Å². The van der Waals surface area contributed by atoms with Crippen LogP contribution in [0.2, 0.25) is 0 Å². The van der Waals surface area contributed by atoms with E-state index in [1.165, 1.54) is 4.88 Å². The van der Waals surface area contributed by atoms with E-state index >= 15 is 0 Å². The minimum atomic E-state index is -0.197. The smallest absolute Gasteiger partial charge is 0.257 e. The molecule has 144 valence electrons. The second-order valence-electron chi connectivity index (χ2n) is 7.20. The highest BCUT2D eigenvalue weighted by Gasteiger charge is 2.25. The van der Waals surface area contributed by atoms with Gasteiger partial charge in [0.15, 0.2) is 0 Å². The Morgan fingerprint density at radius 1 is 1.07 bits per heavy atom. The average Bonchev–Trinajstić information content (AvgIpc) is 3.25. The first kappa shape index (κ1) is 18.5. The number of aromatic nitrogens is 1. The molecule has 2 N–H and O–H groups in total. The number of hydrogen-bond acceptors (Lipinski definition) is 3. The summed E-state index contributed by atoms with van der Waals surface area (Å²) in [5, 5.41) is 7.97. The van der Waals surface area contributed by atoms with Crippen molar-refractivity contribution in [3.8, 4) is 0 Å². The van der Waals surface area contributed by atoms with Gasteiger partial charge in [0.05, 0.1) is 23.4 Å². The van der Waals surface area contributed by atoms with Crippen LogP contribution in [0.25, 0.3) is 0 Å². The van der Waals surface area contributed by atoms with Crippen molar-refractivity contribution >= 4 is 28.8 Å². The third-order valence-corrected chi connectivity index (χ3v) is 5.91. The van der Waals surface area contributed by atoms with E-state index in [2.05, 4.69) is 26.6 Å². The summed E-state index contributed by atoms with van der Waals surface area (Å²) in [6.45, 7) is 4.72. The first-order chi connectivity index (χ1) is 13.5. The molecule has 0 spiro atoms. The molecule has 0 saturated heterocycles. The molecule has 3 aromatic rings. The Bertz CT molecular complexity index is 1020. The van der Waals surface area contributed by atoms with E-state index in [0.29, 0.717) is 16.8 Å². The average molecular weight is 394 g/mol. The van der Waals surface area contributed by atoms with Crippen molar-refractivity contribution in [1.82, 2.24) is 9.88 Å². The van der Waals surface area contributed by atoms with Crippen molar-refractivity contribution in [2.75, 3.05) is 5.32 Å². The third-order valence-electron chi connectivity index (χ3n) is 5.04. The number of hydrogen-bond donors (Lipinski definition) is 2. The molecule has 1 saturated carbocycles. The van der Waals surface area contributed by atoms with Gasteiger partial charge in [0, 0.05) is 22.3 Å². The number of benzene rings is 1. The van der Waals surface area contributed by atoms with Crippen LogP contribution in [-0.2, 0) is 6.54 Å². The Morgan fingerprint density at radius 3 is 2.57 bits per heavy atom. The number of para-hydroxylation sites is 1. The van der Waals surface area contributed by atoms with Gasteiger partial charge >= 0.3 is 0 Å². The Morgan fingerprint density at radius 2 is 1.86 bits per heavy atom. The van der Waals surface area contributed by atoms with Crippen LogP contribution in [0.3, 0.4) is 0 Å². The lowest BCUT2D eigenvalue weighted by Gasteiger charge is -2.12. The van der Waals surface area contributed by atoms with Gasteiger partial charge in [-0.25, -0.2) is 0 Å². The first-order valence-corrected chi connectivity index (χ1v) is 10.3. The maximum Gasteiger partial charge on any atom is 0.257 e. The van der Waals surface area contributed by atoms with Crippen LogP contribution in [0.4, 0.5) is 5.69 Å². The summed E-state index contributed by atoms with van der Waals surface area (Å²) < 4.78 is 2.15. The Kier molecular flexibility index (Phi) is 5.05. The van der Waals surface area contributed by atoms with Crippen molar-refractivity contribution in [1.29, 1.82) is 0 Å². The van der Waals surface area contributed by atoms with Crippen LogP contribution in [0, 0.1) is 13.8 Å². The molecular formula is C22H23N3O2S. The number of carbonyl (C=O) groups excluding carboxylic acids is 2. The van der Waals surface area contributed by atoms with Gasteiger partial charge in [-0.3, -0.25) is 9.59 Å². The van der Waals surface area contributed by atoms with Crippen LogP contribution in [0.1, 0.15) is 49.8 Å². The molecule has 1 aromatic carbocycles. The Hall–Kier alpha value is -2.86. The molecule has 1 fully saturated rings. The van der Waals surface area contributed by atoms with Crippen molar-refractivity contribution in [3.63, 3.8) is 0 Å². The highest BCUT2D eigenvalue weighted by atomic mass is 32.1. The lowest BCUT2D eigenvalue weighted by Crippen LogP contribution is -2.27. The zero-order valence-corrected chi connectivity index (χ0v) is 16.8. The van der Waals surface area contributed by atoms with Crippen LogP contribution in [0.15, 0.2) is 47.8 Å². The number of anilines is 1. The van der Waals surface area contributed by atoms with E-state index in [4.69, 9.17) is 0 Å². The SMILES string of the molecule is Cc1cc(C(=O)Nc2ccccc2C(=O)NC2CC2)c(C)n1Cc1cccs1. The summed E-state index contributed by atoms with van der Waals surface area (Å²) in [4.78, 5) is 26.7. The fraction of sp³-hybridized carbons (Fsp3) is 0.273. The van der Waals surface area contributed by atoms with Gasteiger partial charge in [-0.05, 0) is 56.3 Å². The predicted molar refractivity (Wildman–Crippen MR) is 112 cm³/mol. The number of nitrogens with one attached hydrogen (secondary N) is 2. The van der Waals surface area contributed by atoms with Crippen LogP contribution in [0.5, 0.6) is 0 Å². The van der Waals surface area contributed by atoms with E-state index in [1.807, 2.05) is 38.1 Å². The van der Waals surface area contributed by atoms with Gasteiger partial charge in [0.25, 0.3) is 11.8 Å². The molecule has 2 heterocycles. The van der Waals surface area contributed by atoms with Crippen LogP contribution >= 0.6 is 11.3 Å². The molecule has 0 aliphatic heterocycles. The fourth-order valence-electron chi connectivity index (χ4n) is 3.30. The van der Waals surface area contributed by atoms with Crippen molar-refractivity contribution < 1.29 is 9.59 Å². The monoisotopic (exact) mass is 393 g/mol. The summed E-state index contributed by atoms with van der Waals surface area (Å²) in [6, 6.07) is 13.5. The quantitative estimate of drug-likeness (QED) is 0.654. The number of aryl methyl sites for hydroxylation is 1. The standard InChI is InChI=1S/C22H23N3O2S/c1-14-12-19(15(2)25(14)13-17-6-5-11-28-17)22(27)24-20-8-4-3-7-18(20)21(26)23-16-9-10-16/h3-8,11-12,16H,9-10,13H2,1-2H3,(H,23,26)(H,24,27). The Balaban J connectivity index is 1.55. The van der Waals surface area contributed by atoms with E-state index in [1.54, 1.807) is 23.5 Å². The molecule has 0 atom stereocenters. The highest BCUT2D eigenvalue weighted by Crippen LogP contribution is 2.23. The van der Waals surface area contributed by atoms with E-state index in [0.717, 1.165) is 30.8 Å². The maximum atomic E-state index is 13.0. The van der Waals surface area contributed by atoms with Gasteiger partial charge in [0.2, 0.25) is 0 Å². The number of rotatable bonds is 6. The van der Waals surface area contributed by atoms with Gasteiger partial charge in [0.1, 0.15) is 0 Å². The lowest BCUT2D eigenvalue weighted by molar-refractivity contribution is 0.0952. The molecular weight excluding hydrogens is 370 g/mol. The molecule has 0 bridgehead atoms. The third kappa shape index (κ3) is 3.87. The lowest BCUT2D eigenvalue weighted by atomic mass is 10.1. The van der Waals surface area contributed by atoms with E-state index < -0.39 is 0 Å². The van der Waals surface area contributed by atoms with Crippen LogP contribution in [-0.4, -0.2) is 22.4 Å². The molecule has 2 aromatic heterocycles. The number of nitrogens with zero attached hydrogens (tertiary/aromatic N) is 1. The predicted octanol–water partition coefficient (Wildman–Crippen LogP) is 4.36. The number of carbonyl (C=O) groups is 2. The van der Waals surface area contributed by atoms with Crippen molar-refractivity contribution in [3.05, 3.63) is 75.2 Å². The first-order valence-electron chi connectivity index (χ1n) is 9.43. The molecule has 6 heteroatoms. The number of thiophene rings is 1. The highest BCUT2D eigenvalue weighted by molar-refractivity contribution is 7.09. The van der Waals surface area contributed by atoms with Crippen molar-refractivity contribution in [2.24, 2.45) is 0 Å². The minimum Gasteiger partial charge on any atom is -0.349 e. The second kappa shape index (κ2) is 7.64. The maximum absolute atomic E-state index is 13.0. The van der Waals surface area contributed by atoms with Gasteiger partial charge in [-0.2, -0.15) is 0 Å². The zero-order chi connectivity index (χ0) is 19.7. The summed E-state index contributed by atoms with van der Waals surface area (Å²) >= 11 is 1.70. The molecule has 0 radical (unpaired) electrons. The molecule has 4 rings (SSSR count). The fourth-order valence-corrected chi connectivity index (χ4v) is 4.00. The molecule has 28 heavy (non-hydrogen) atoms. The summed E-state index contributed by atoms with van der Waals surface area (Å²) in [7, 11) is 0. The largest absolute Gasteiger partial charge is 0.349 e. The second-order valence-corrected chi connectivity index (χ2v) is 8.23. The summed E-state index contributed by atoms with van der Waals surface area (Å²) in [6.07, 6.45) is 2.05. The van der Waals surface area contributed by atoms with Crippen LogP contribution < -0.4 is 10.6 Å². The van der Waals surface area contributed by atoms with Crippen molar-refractivity contribution in [2.45, 2.75) is 39.3 Å². The molecule has 1 aliphatic carbocycles. The van der Waals surface area contributed by atoms with Gasteiger partial charge in [-0.15, -0.1) is 11.3 Å². The minimum absolute atomic E-state index is 0.137. The zero-order valence-electron chi connectivity index (χ0n) is 16.0. The molecule has 2 amide bonds. The Labute approximate surface area is 168 Å². The van der Waals surface area contributed by atoms with Gasteiger partial charge in [-0.1, -0.05) is 18.2 Å². The van der Waals surface area contributed by atoms with E-state index in [-0.39, 0.29) is 17.9 Å². The topological polar surface area (TPSA) is 63.1 Å². The summed E-state index contributed by atoms with van der Waals surface area (Å²) in [5.74, 6) is -0.334. The number of amides is 2. The normalized spacial score (nSPS) is 13.4. The summed E-state index contributed by atoms with van der Waals surface area (Å²) in [5.41, 5.74) is 3.62. The van der Waals surface area contributed by atoms with Gasteiger partial charge < -0.3 is 15.2 Å². The molecule has 1 aliphatic rings. The molecule has 5 nitrogen and oxygen atoms in total.